The summed E-state index contributed by atoms with van der Waals surface area (Å²) in [4.78, 5) is 10.2. The standard InChI is InChI=1S/C7H12O5S2/c8-5-3-14(11,12)4-6(5)13-2-1-7(9)10/h5-6,8H,1-4H2,(H,9,10)/t5-,6-/m1/s1. The molecule has 1 aliphatic rings. The Balaban J connectivity index is 2.36. The van der Waals surface area contributed by atoms with Crippen molar-refractivity contribution in [2.45, 2.75) is 17.8 Å². The summed E-state index contributed by atoms with van der Waals surface area (Å²) in [6.07, 6.45) is -0.854. The SMILES string of the molecule is O=C(O)CCS[C@@H]1CS(=O)(=O)C[C@H]1O. The summed E-state index contributed by atoms with van der Waals surface area (Å²) in [5.74, 6) is -0.809. The summed E-state index contributed by atoms with van der Waals surface area (Å²) in [7, 11) is -3.11. The maximum atomic E-state index is 11.1. The quantitative estimate of drug-likeness (QED) is 0.678. The molecule has 1 fully saturated rings. The van der Waals surface area contributed by atoms with Gasteiger partial charge in [0.25, 0.3) is 0 Å². The molecule has 0 spiro atoms. The molecule has 1 aliphatic heterocycles. The molecular weight excluding hydrogens is 228 g/mol. The van der Waals surface area contributed by atoms with Gasteiger partial charge in [-0.2, -0.15) is 11.8 Å². The lowest BCUT2D eigenvalue weighted by molar-refractivity contribution is -0.136. The van der Waals surface area contributed by atoms with Gasteiger partial charge in [0, 0.05) is 11.0 Å². The van der Waals surface area contributed by atoms with Gasteiger partial charge in [0.1, 0.15) is 0 Å². The third-order valence-electron chi connectivity index (χ3n) is 1.92. The van der Waals surface area contributed by atoms with Crippen LogP contribution in [-0.4, -0.2) is 53.2 Å². The minimum Gasteiger partial charge on any atom is -0.481 e. The van der Waals surface area contributed by atoms with Crippen LogP contribution < -0.4 is 0 Å². The molecule has 0 aliphatic carbocycles. The molecule has 82 valence electrons. The molecule has 1 saturated heterocycles. The topological polar surface area (TPSA) is 91.7 Å². The Labute approximate surface area is 86.4 Å². The van der Waals surface area contributed by atoms with Crippen LogP contribution in [0.15, 0.2) is 0 Å². The van der Waals surface area contributed by atoms with Crippen molar-refractivity contribution >= 4 is 27.6 Å². The number of hydrogen-bond donors (Lipinski definition) is 2. The lowest BCUT2D eigenvalue weighted by atomic mass is 10.3. The molecule has 2 N–H and O–H groups in total. The van der Waals surface area contributed by atoms with E-state index < -0.39 is 21.9 Å². The Morgan fingerprint density at radius 1 is 1.43 bits per heavy atom. The van der Waals surface area contributed by atoms with E-state index in [4.69, 9.17) is 5.11 Å². The summed E-state index contributed by atoms with van der Waals surface area (Å²) in [5.41, 5.74) is 0. The first-order valence-electron chi connectivity index (χ1n) is 4.12. The predicted molar refractivity (Wildman–Crippen MR) is 53.2 cm³/mol. The first-order valence-corrected chi connectivity index (χ1v) is 6.99. The zero-order valence-electron chi connectivity index (χ0n) is 7.42. The van der Waals surface area contributed by atoms with E-state index in [2.05, 4.69) is 0 Å². The smallest absolute Gasteiger partial charge is 0.304 e. The third kappa shape index (κ3) is 3.47. The lowest BCUT2D eigenvalue weighted by Gasteiger charge is -2.10. The highest BCUT2D eigenvalue weighted by Crippen LogP contribution is 2.25. The zero-order chi connectivity index (χ0) is 10.8. The van der Waals surface area contributed by atoms with Crippen LogP contribution in [0.25, 0.3) is 0 Å². The number of thioether (sulfide) groups is 1. The van der Waals surface area contributed by atoms with Gasteiger partial charge in [-0.05, 0) is 0 Å². The fraction of sp³-hybridized carbons (Fsp3) is 0.857. The first-order chi connectivity index (χ1) is 6.41. The highest BCUT2D eigenvalue weighted by atomic mass is 32.2. The molecule has 7 heteroatoms. The van der Waals surface area contributed by atoms with E-state index in [0.29, 0.717) is 5.75 Å². The van der Waals surface area contributed by atoms with Gasteiger partial charge in [-0.3, -0.25) is 4.79 Å². The van der Waals surface area contributed by atoms with E-state index >= 15 is 0 Å². The summed E-state index contributed by atoms with van der Waals surface area (Å²) < 4.78 is 22.1. The van der Waals surface area contributed by atoms with Crippen LogP contribution in [0.1, 0.15) is 6.42 Å². The largest absolute Gasteiger partial charge is 0.481 e. The third-order valence-corrected chi connectivity index (χ3v) is 5.20. The minimum absolute atomic E-state index is 0.00602. The number of rotatable bonds is 4. The molecule has 0 amide bonds. The summed E-state index contributed by atoms with van der Waals surface area (Å²) in [6.45, 7) is 0. The average Bonchev–Trinajstić information content (AvgIpc) is 2.24. The van der Waals surface area contributed by atoms with Crippen molar-refractivity contribution in [3.63, 3.8) is 0 Å². The van der Waals surface area contributed by atoms with Crippen molar-refractivity contribution in [2.24, 2.45) is 0 Å². The van der Waals surface area contributed by atoms with Gasteiger partial charge < -0.3 is 10.2 Å². The number of sulfone groups is 1. The second-order valence-corrected chi connectivity index (χ2v) is 6.70. The van der Waals surface area contributed by atoms with Crippen LogP contribution >= 0.6 is 11.8 Å². The average molecular weight is 240 g/mol. The van der Waals surface area contributed by atoms with Crippen molar-refractivity contribution in [2.75, 3.05) is 17.3 Å². The summed E-state index contributed by atoms with van der Waals surface area (Å²) >= 11 is 1.21. The van der Waals surface area contributed by atoms with Crippen molar-refractivity contribution in [1.29, 1.82) is 0 Å². The maximum absolute atomic E-state index is 11.1. The second-order valence-electron chi connectivity index (χ2n) is 3.20. The first kappa shape index (κ1) is 11.8. The van der Waals surface area contributed by atoms with Gasteiger partial charge in [0.2, 0.25) is 0 Å². The van der Waals surface area contributed by atoms with Crippen molar-refractivity contribution in [1.82, 2.24) is 0 Å². The number of hydrogen-bond acceptors (Lipinski definition) is 5. The van der Waals surface area contributed by atoms with Gasteiger partial charge in [-0.1, -0.05) is 0 Å². The van der Waals surface area contributed by atoms with E-state index in [-0.39, 0.29) is 23.2 Å². The number of carboxylic acid groups (broad SMARTS) is 1. The molecular formula is C7H12O5S2. The zero-order valence-corrected chi connectivity index (χ0v) is 9.05. The molecule has 0 radical (unpaired) electrons. The molecule has 0 unspecified atom stereocenters. The number of aliphatic hydroxyl groups is 1. The van der Waals surface area contributed by atoms with E-state index in [1.165, 1.54) is 11.8 Å². The monoisotopic (exact) mass is 240 g/mol. The summed E-state index contributed by atoms with van der Waals surface area (Å²) in [5, 5.41) is 17.3. The Morgan fingerprint density at radius 2 is 2.07 bits per heavy atom. The minimum atomic E-state index is -3.11. The van der Waals surface area contributed by atoms with Crippen molar-refractivity contribution in [3.05, 3.63) is 0 Å². The van der Waals surface area contributed by atoms with E-state index in [9.17, 15) is 18.3 Å². The van der Waals surface area contributed by atoms with Gasteiger partial charge in [-0.25, -0.2) is 8.42 Å². The van der Waals surface area contributed by atoms with Crippen LogP contribution in [0.3, 0.4) is 0 Å². The molecule has 0 saturated carbocycles. The molecule has 1 rings (SSSR count). The van der Waals surface area contributed by atoms with Gasteiger partial charge in [0.15, 0.2) is 9.84 Å². The molecule has 2 atom stereocenters. The number of carboxylic acids is 1. The fourth-order valence-corrected chi connectivity index (χ4v) is 4.91. The van der Waals surface area contributed by atoms with E-state index in [1.54, 1.807) is 0 Å². The van der Waals surface area contributed by atoms with E-state index in [1.807, 2.05) is 0 Å². The molecule has 0 aromatic heterocycles. The predicted octanol–water partition coefficient (Wildman–Crippen LogP) is -0.648. The molecule has 5 nitrogen and oxygen atoms in total. The molecule has 0 bridgehead atoms. The summed E-state index contributed by atoms with van der Waals surface area (Å²) in [6, 6.07) is 0. The van der Waals surface area contributed by atoms with Crippen LogP contribution in [0.4, 0.5) is 0 Å². The maximum Gasteiger partial charge on any atom is 0.304 e. The lowest BCUT2D eigenvalue weighted by Crippen LogP contribution is -2.20. The normalized spacial score (nSPS) is 30.4. The number of aliphatic carboxylic acids is 1. The molecule has 0 aromatic carbocycles. The number of aliphatic hydroxyl groups excluding tert-OH is 1. The van der Waals surface area contributed by atoms with Gasteiger partial charge >= 0.3 is 5.97 Å². The van der Waals surface area contributed by atoms with Crippen LogP contribution in [0.5, 0.6) is 0 Å². The molecule has 14 heavy (non-hydrogen) atoms. The second kappa shape index (κ2) is 4.50. The Bertz CT molecular complexity index is 310. The highest BCUT2D eigenvalue weighted by Gasteiger charge is 2.36. The van der Waals surface area contributed by atoms with Crippen LogP contribution in [0, 0.1) is 0 Å². The van der Waals surface area contributed by atoms with Crippen LogP contribution in [-0.2, 0) is 14.6 Å². The van der Waals surface area contributed by atoms with E-state index in [0.717, 1.165) is 0 Å². The number of carbonyl (C=O) groups is 1. The van der Waals surface area contributed by atoms with Gasteiger partial charge in [-0.15, -0.1) is 0 Å². The Hall–Kier alpha value is -0.270. The Morgan fingerprint density at radius 3 is 2.50 bits per heavy atom. The van der Waals surface area contributed by atoms with Crippen LogP contribution in [0.2, 0.25) is 0 Å². The van der Waals surface area contributed by atoms with Gasteiger partial charge in [0.05, 0.1) is 24.0 Å². The van der Waals surface area contributed by atoms with Crippen molar-refractivity contribution in [3.8, 4) is 0 Å². The highest BCUT2D eigenvalue weighted by molar-refractivity contribution is 8.01. The van der Waals surface area contributed by atoms with Crippen molar-refractivity contribution < 1.29 is 23.4 Å². The molecule has 0 aromatic rings. The fourth-order valence-electron chi connectivity index (χ4n) is 1.25. The Kier molecular flexibility index (Phi) is 3.79. The molecule has 1 heterocycles.